The van der Waals surface area contributed by atoms with Crippen LogP contribution in [-0.2, 0) is 11.2 Å². The fourth-order valence-electron chi connectivity index (χ4n) is 2.72. The second kappa shape index (κ2) is 8.28. The van der Waals surface area contributed by atoms with Crippen molar-refractivity contribution in [2.45, 2.75) is 57.2 Å². The van der Waals surface area contributed by atoms with Gasteiger partial charge in [-0.25, -0.2) is 0 Å². The maximum atomic E-state index is 10.0. The summed E-state index contributed by atoms with van der Waals surface area (Å²) in [5, 5.41) is 10.0. The molecule has 2 rings (SSSR count). The van der Waals surface area contributed by atoms with Crippen molar-refractivity contribution in [3.8, 4) is 5.75 Å². The molecule has 2 unspecified atom stereocenters. The van der Waals surface area contributed by atoms with Gasteiger partial charge in [0.15, 0.2) is 0 Å². The summed E-state index contributed by atoms with van der Waals surface area (Å²) in [6.07, 6.45) is 7.45. The number of ether oxygens (including phenoxy) is 2. The Bertz CT molecular complexity index is 368. The Hall–Kier alpha value is -1.06. The maximum Gasteiger partial charge on any atom is 0.118 e. The summed E-state index contributed by atoms with van der Waals surface area (Å²) in [7, 11) is 1.67. The van der Waals surface area contributed by atoms with Crippen molar-refractivity contribution in [1.29, 1.82) is 0 Å². The zero-order valence-corrected chi connectivity index (χ0v) is 12.4. The molecule has 1 aromatic rings. The molecule has 0 aliphatic carbocycles. The lowest BCUT2D eigenvalue weighted by atomic mass is 10.0. The van der Waals surface area contributed by atoms with Crippen molar-refractivity contribution in [2.24, 2.45) is 0 Å². The molecule has 0 bridgehead atoms. The van der Waals surface area contributed by atoms with E-state index < -0.39 is 0 Å². The summed E-state index contributed by atoms with van der Waals surface area (Å²) < 4.78 is 10.7. The van der Waals surface area contributed by atoms with E-state index in [2.05, 4.69) is 12.1 Å². The first kappa shape index (κ1) is 15.3. The summed E-state index contributed by atoms with van der Waals surface area (Å²) in [6.45, 7) is 0.921. The number of aryl methyl sites for hydroxylation is 1. The van der Waals surface area contributed by atoms with Gasteiger partial charge in [-0.15, -0.1) is 0 Å². The fourth-order valence-corrected chi connectivity index (χ4v) is 2.72. The minimum Gasteiger partial charge on any atom is -0.497 e. The highest BCUT2D eigenvalue weighted by molar-refractivity contribution is 5.27. The van der Waals surface area contributed by atoms with E-state index in [4.69, 9.17) is 9.47 Å². The van der Waals surface area contributed by atoms with Crippen LogP contribution in [0.1, 0.15) is 44.1 Å². The Balaban J connectivity index is 1.59. The first-order valence-electron chi connectivity index (χ1n) is 7.70. The van der Waals surface area contributed by atoms with E-state index in [1.165, 1.54) is 18.4 Å². The van der Waals surface area contributed by atoms with Gasteiger partial charge in [0.1, 0.15) is 5.75 Å². The molecular weight excluding hydrogens is 252 g/mol. The van der Waals surface area contributed by atoms with Crippen molar-refractivity contribution in [3.05, 3.63) is 29.8 Å². The molecule has 2 atom stereocenters. The average molecular weight is 278 g/mol. The molecule has 1 heterocycles. The average Bonchev–Trinajstić information content (AvgIpc) is 2.99. The second-order valence-corrected chi connectivity index (χ2v) is 5.61. The van der Waals surface area contributed by atoms with Crippen LogP contribution < -0.4 is 4.74 Å². The number of methoxy groups -OCH3 is 1. The molecule has 3 heteroatoms. The Labute approximate surface area is 121 Å². The van der Waals surface area contributed by atoms with E-state index in [9.17, 15) is 5.11 Å². The Morgan fingerprint density at radius 2 is 2.10 bits per heavy atom. The SMILES string of the molecule is COc1ccc(CCC(O)CCCC2CCCO2)cc1. The minimum atomic E-state index is -0.196. The van der Waals surface area contributed by atoms with Gasteiger partial charge in [-0.2, -0.15) is 0 Å². The predicted octanol–water partition coefficient (Wildman–Crippen LogP) is 3.34. The normalized spacial score (nSPS) is 20.0. The Morgan fingerprint density at radius 3 is 2.75 bits per heavy atom. The molecular formula is C17H26O3. The molecule has 3 nitrogen and oxygen atoms in total. The minimum absolute atomic E-state index is 0.196. The lowest BCUT2D eigenvalue weighted by Crippen LogP contribution is -2.10. The third kappa shape index (κ3) is 5.14. The Kier molecular flexibility index (Phi) is 6.34. The molecule has 1 aliphatic heterocycles. The zero-order valence-electron chi connectivity index (χ0n) is 12.4. The highest BCUT2D eigenvalue weighted by Crippen LogP contribution is 2.19. The van der Waals surface area contributed by atoms with Crippen LogP contribution in [0.15, 0.2) is 24.3 Å². The molecule has 1 N–H and O–H groups in total. The molecule has 0 radical (unpaired) electrons. The van der Waals surface area contributed by atoms with Crippen molar-refractivity contribution in [3.63, 3.8) is 0 Å². The van der Waals surface area contributed by atoms with Crippen LogP contribution >= 0.6 is 0 Å². The summed E-state index contributed by atoms with van der Waals surface area (Å²) in [4.78, 5) is 0. The number of hydrogen-bond acceptors (Lipinski definition) is 3. The number of hydrogen-bond donors (Lipinski definition) is 1. The van der Waals surface area contributed by atoms with Gasteiger partial charge in [0.25, 0.3) is 0 Å². The predicted molar refractivity (Wildman–Crippen MR) is 80.1 cm³/mol. The topological polar surface area (TPSA) is 38.7 Å². The van der Waals surface area contributed by atoms with E-state index >= 15 is 0 Å². The molecule has 0 aromatic heterocycles. The first-order chi connectivity index (χ1) is 9.78. The van der Waals surface area contributed by atoms with Crippen LogP contribution in [0.25, 0.3) is 0 Å². The van der Waals surface area contributed by atoms with Crippen LogP contribution in [0.2, 0.25) is 0 Å². The molecule has 0 amide bonds. The van der Waals surface area contributed by atoms with Crippen LogP contribution in [0.5, 0.6) is 5.75 Å². The van der Waals surface area contributed by atoms with Crippen molar-refractivity contribution in [2.75, 3.05) is 13.7 Å². The zero-order chi connectivity index (χ0) is 14.2. The van der Waals surface area contributed by atoms with Gasteiger partial charge < -0.3 is 14.6 Å². The highest BCUT2D eigenvalue weighted by atomic mass is 16.5. The monoisotopic (exact) mass is 278 g/mol. The summed E-state index contributed by atoms with van der Waals surface area (Å²) >= 11 is 0. The molecule has 1 fully saturated rings. The summed E-state index contributed by atoms with van der Waals surface area (Å²) in [5.74, 6) is 0.880. The van der Waals surface area contributed by atoms with Crippen LogP contribution in [0, 0.1) is 0 Å². The number of aliphatic hydroxyl groups excluding tert-OH is 1. The van der Waals surface area contributed by atoms with Crippen LogP contribution in [0.4, 0.5) is 0 Å². The van der Waals surface area contributed by atoms with Gasteiger partial charge in [0, 0.05) is 6.61 Å². The highest BCUT2D eigenvalue weighted by Gasteiger charge is 2.15. The van der Waals surface area contributed by atoms with E-state index in [-0.39, 0.29) is 6.10 Å². The van der Waals surface area contributed by atoms with Gasteiger partial charge in [-0.05, 0) is 62.6 Å². The third-order valence-corrected chi connectivity index (χ3v) is 4.01. The molecule has 112 valence electrons. The van der Waals surface area contributed by atoms with Crippen molar-refractivity contribution >= 4 is 0 Å². The van der Waals surface area contributed by atoms with E-state index in [1.54, 1.807) is 7.11 Å². The summed E-state index contributed by atoms with van der Waals surface area (Å²) in [6, 6.07) is 8.08. The van der Waals surface area contributed by atoms with Gasteiger partial charge in [0.05, 0.1) is 19.3 Å². The second-order valence-electron chi connectivity index (χ2n) is 5.61. The van der Waals surface area contributed by atoms with Gasteiger partial charge >= 0.3 is 0 Å². The smallest absolute Gasteiger partial charge is 0.118 e. The van der Waals surface area contributed by atoms with Gasteiger partial charge in [0.2, 0.25) is 0 Å². The quantitative estimate of drug-likeness (QED) is 0.792. The largest absolute Gasteiger partial charge is 0.497 e. The molecule has 20 heavy (non-hydrogen) atoms. The number of aliphatic hydroxyl groups is 1. The molecule has 0 spiro atoms. The third-order valence-electron chi connectivity index (χ3n) is 4.01. The standard InChI is InChI=1S/C17H26O3/c1-19-16-11-8-14(9-12-16)7-10-15(18)4-2-5-17-6-3-13-20-17/h8-9,11-12,15,17-18H,2-7,10,13H2,1H3. The molecule has 1 saturated heterocycles. The van der Waals surface area contributed by atoms with Gasteiger partial charge in [-0.3, -0.25) is 0 Å². The van der Waals surface area contributed by atoms with Crippen LogP contribution in [-0.4, -0.2) is 31.0 Å². The fraction of sp³-hybridized carbons (Fsp3) is 0.647. The lowest BCUT2D eigenvalue weighted by Gasteiger charge is -2.13. The van der Waals surface area contributed by atoms with E-state index in [1.807, 2.05) is 12.1 Å². The lowest BCUT2D eigenvalue weighted by molar-refractivity contribution is 0.0933. The first-order valence-corrected chi connectivity index (χ1v) is 7.70. The van der Waals surface area contributed by atoms with E-state index in [0.29, 0.717) is 6.10 Å². The Morgan fingerprint density at radius 1 is 1.30 bits per heavy atom. The molecule has 0 saturated carbocycles. The van der Waals surface area contributed by atoms with Crippen molar-refractivity contribution < 1.29 is 14.6 Å². The number of benzene rings is 1. The maximum absolute atomic E-state index is 10.0. The number of rotatable bonds is 8. The molecule has 1 aliphatic rings. The summed E-state index contributed by atoms with van der Waals surface area (Å²) in [5.41, 5.74) is 1.25. The van der Waals surface area contributed by atoms with Crippen molar-refractivity contribution in [1.82, 2.24) is 0 Å². The molecule has 1 aromatic carbocycles. The van der Waals surface area contributed by atoms with Gasteiger partial charge in [-0.1, -0.05) is 12.1 Å². The van der Waals surface area contributed by atoms with E-state index in [0.717, 1.165) is 44.5 Å². The van der Waals surface area contributed by atoms with Crippen LogP contribution in [0.3, 0.4) is 0 Å².